The predicted molar refractivity (Wildman–Crippen MR) is 122 cm³/mol. The number of anilines is 1. The fourth-order valence-corrected chi connectivity index (χ4v) is 5.06. The number of hydrogen-bond acceptors (Lipinski definition) is 6. The molecule has 0 amide bonds. The highest BCUT2D eigenvalue weighted by molar-refractivity contribution is 7.92. The Balaban J connectivity index is 0.00000289. The molecule has 176 valence electrons. The van der Waals surface area contributed by atoms with Crippen LogP contribution in [0.3, 0.4) is 0 Å². The number of ether oxygens (including phenoxy) is 2. The van der Waals surface area contributed by atoms with E-state index in [-0.39, 0.29) is 30.7 Å². The van der Waals surface area contributed by atoms with E-state index in [0.29, 0.717) is 18.7 Å². The summed E-state index contributed by atoms with van der Waals surface area (Å²) in [5.41, 5.74) is 3.06. The van der Waals surface area contributed by atoms with Gasteiger partial charge in [0, 0.05) is 38.0 Å². The molecule has 1 aromatic heterocycles. The van der Waals surface area contributed by atoms with Gasteiger partial charge in [-0.1, -0.05) is 19.6 Å². The first-order valence-electron chi connectivity index (χ1n) is 10.5. The first-order valence-corrected chi connectivity index (χ1v) is 12.0. The number of alkyl halides is 1. The summed E-state index contributed by atoms with van der Waals surface area (Å²) < 4.78 is 53.3. The standard InChI is InChI=1S/C22H28FN3O4S.CH4/c1-26-10-7-16-13-20(22(29-2)24-19(16)8-11-26)25-31(27,28)18-5-3-15(4-6-18)21-14-17(23)9-12-30-21;/h3-6,13,17,21,25H,7-12,14H2,1-2H3;1H4. The van der Waals surface area contributed by atoms with Crippen LogP contribution in [0.5, 0.6) is 5.88 Å². The third-order valence-electron chi connectivity index (χ3n) is 5.87. The maximum Gasteiger partial charge on any atom is 0.262 e. The van der Waals surface area contributed by atoms with Gasteiger partial charge >= 0.3 is 0 Å². The van der Waals surface area contributed by atoms with Gasteiger partial charge in [-0.2, -0.15) is 0 Å². The second-order valence-corrected chi connectivity index (χ2v) is 9.79. The Kier molecular flexibility index (Phi) is 7.74. The fourth-order valence-electron chi connectivity index (χ4n) is 4.01. The summed E-state index contributed by atoms with van der Waals surface area (Å²) in [4.78, 5) is 6.89. The molecule has 0 saturated carbocycles. The van der Waals surface area contributed by atoms with Gasteiger partial charge in [0.25, 0.3) is 10.0 Å². The number of hydrogen-bond donors (Lipinski definition) is 1. The maximum atomic E-state index is 13.7. The summed E-state index contributed by atoms with van der Waals surface area (Å²) >= 11 is 0. The molecule has 0 radical (unpaired) electrons. The van der Waals surface area contributed by atoms with Crippen molar-refractivity contribution in [1.29, 1.82) is 0 Å². The molecular formula is C23H32FN3O4S. The summed E-state index contributed by atoms with van der Waals surface area (Å²) in [6.45, 7) is 2.15. The van der Waals surface area contributed by atoms with E-state index in [1.54, 1.807) is 12.1 Å². The Morgan fingerprint density at radius 2 is 1.94 bits per heavy atom. The van der Waals surface area contributed by atoms with Gasteiger partial charge in [0.15, 0.2) is 0 Å². The smallest absolute Gasteiger partial charge is 0.262 e. The Hall–Kier alpha value is -2.23. The van der Waals surface area contributed by atoms with E-state index in [1.807, 2.05) is 6.07 Å². The quantitative estimate of drug-likeness (QED) is 0.725. The van der Waals surface area contributed by atoms with Crippen LogP contribution in [0.4, 0.5) is 10.1 Å². The lowest BCUT2D eigenvalue weighted by molar-refractivity contribution is -0.0193. The molecule has 2 aliphatic heterocycles. The molecule has 1 fully saturated rings. The van der Waals surface area contributed by atoms with Crippen LogP contribution in [0.1, 0.15) is 43.2 Å². The van der Waals surface area contributed by atoms with Gasteiger partial charge in [-0.05, 0) is 42.8 Å². The lowest BCUT2D eigenvalue weighted by Crippen LogP contribution is -2.20. The molecule has 2 unspecified atom stereocenters. The molecule has 0 spiro atoms. The number of methoxy groups -OCH3 is 1. The largest absolute Gasteiger partial charge is 0.479 e. The molecule has 1 N–H and O–H groups in total. The van der Waals surface area contributed by atoms with Crippen LogP contribution in [-0.4, -0.2) is 58.3 Å². The number of nitrogens with one attached hydrogen (secondary N) is 1. The average molecular weight is 466 g/mol. The van der Waals surface area contributed by atoms with Crippen molar-refractivity contribution < 1.29 is 22.3 Å². The zero-order valence-corrected chi connectivity index (χ0v) is 18.6. The second-order valence-electron chi connectivity index (χ2n) is 8.11. The first-order chi connectivity index (χ1) is 14.9. The van der Waals surface area contributed by atoms with Crippen molar-refractivity contribution in [3.63, 3.8) is 0 Å². The fraction of sp³-hybridized carbons (Fsp3) is 0.522. The summed E-state index contributed by atoms with van der Waals surface area (Å²) in [5.74, 6) is 0.257. The van der Waals surface area contributed by atoms with Crippen LogP contribution in [-0.2, 0) is 27.6 Å². The minimum atomic E-state index is -3.85. The van der Waals surface area contributed by atoms with Crippen LogP contribution in [0.15, 0.2) is 35.2 Å². The van der Waals surface area contributed by atoms with E-state index in [4.69, 9.17) is 9.47 Å². The van der Waals surface area contributed by atoms with Gasteiger partial charge in [-0.15, -0.1) is 0 Å². The van der Waals surface area contributed by atoms with Crippen LogP contribution in [0.25, 0.3) is 0 Å². The van der Waals surface area contributed by atoms with Crippen molar-refractivity contribution in [2.75, 3.05) is 38.6 Å². The summed E-state index contributed by atoms with van der Waals surface area (Å²) in [6.07, 6.45) is 1.04. The van der Waals surface area contributed by atoms with Crippen molar-refractivity contribution >= 4 is 15.7 Å². The molecule has 4 rings (SSSR count). The molecule has 0 aliphatic carbocycles. The minimum absolute atomic E-state index is 0. The molecule has 1 saturated heterocycles. The van der Waals surface area contributed by atoms with E-state index in [0.717, 1.165) is 42.8 Å². The number of fused-ring (bicyclic) bond motifs is 1. The molecule has 3 heterocycles. The van der Waals surface area contributed by atoms with Crippen LogP contribution in [0.2, 0.25) is 0 Å². The normalized spacial score (nSPS) is 21.7. The van der Waals surface area contributed by atoms with E-state index < -0.39 is 16.2 Å². The van der Waals surface area contributed by atoms with E-state index >= 15 is 0 Å². The highest BCUT2D eigenvalue weighted by Gasteiger charge is 2.25. The van der Waals surface area contributed by atoms with Crippen molar-refractivity contribution in [3.05, 3.63) is 47.2 Å². The number of likely N-dealkylation sites (N-methyl/N-ethyl adjacent to an activating group) is 1. The van der Waals surface area contributed by atoms with Gasteiger partial charge in [-0.25, -0.2) is 17.8 Å². The van der Waals surface area contributed by atoms with E-state index in [2.05, 4.69) is 21.7 Å². The Morgan fingerprint density at radius 3 is 2.62 bits per heavy atom. The number of halogens is 1. The molecule has 9 heteroatoms. The number of rotatable bonds is 5. The van der Waals surface area contributed by atoms with Crippen molar-refractivity contribution in [2.45, 2.75) is 50.3 Å². The molecule has 2 aliphatic rings. The third-order valence-corrected chi connectivity index (χ3v) is 7.25. The number of sulfonamides is 1. The molecular weight excluding hydrogens is 433 g/mol. The Morgan fingerprint density at radius 1 is 1.22 bits per heavy atom. The molecule has 1 aromatic carbocycles. The highest BCUT2D eigenvalue weighted by atomic mass is 32.2. The molecule has 2 aromatic rings. The second kappa shape index (κ2) is 10.1. The average Bonchev–Trinajstić information content (AvgIpc) is 2.94. The van der Waals surface area contributed by atoms with Crippen molar-refractivity contribution in [1.82, 2.24) is 9.88 Å². The topological polar surface area (TPSA) is 80.8 Å². The first kappa shape index (κ1) is 24.4. The van der Waals surface area contributed by atoms with Gasteiger partial charge in [0.05, 0.1) is 24.7 Å². The van der Waals surface area contributed by atoms with Gasteiger partial charge in [0.2, 0.25) is 5.88 Å². The lowest BCUT2D eigenvalue weighted by Gasteiger charge is -2.25. The van der Waals surface area contributed by atoms with Gasteiger partial charge in [-0.3, -0.25) is 4.72 Å². The number of aromatic nitrogens is 1. The zero-order valence-electron chi connectivity index (χ0n) is 17.8. The molecule has 32 heavy (non-hydrogen) atoms. The summed E-state index contributed by atoms with van der Waals surface area (Å²) in [5, 5.41) is 0. The Bertz CT molecular complexity index is 1030. The highest BCUT2D eigenvalue weighted by Crippen LogP contribution is 2.32. The summed E-state index contributed by atoms with van der Waals surface area (Å²) in [7, 11) is -0.309. The SMILES string of the molecule is C.COc1nc2c(cc1NS(=O)(=O)c1ccc(C3CC(F)CCO3)cc1)CCN(C)CC2. The van der Waals surface area contributed by atoms with Gasteiger partial charge < -0.3 is 14.4 Å². The summed E-state index contributed by atoms with van der Waals surface area (Å²) in [6, 6.07) is 8.21. The monoisotopic (exact) mass is 465 g/mol. The van der Waals surface area contributed by atoms with Crippen LogP contribution in [0, 0.1) is 0 Å². The third kappa shape index (κ3) is 5.39. The number of nitrogens with zero attached hydrogens (tertiary/aromatic N) is 2. The molecule has 2 atom stereocenters. The predicted octanol–water partition coefficient (Wildman–Crippen LogP) is 3.75. The van der Waals surface area contributed by atoms with Crippen LogP contribution >= 0.6 is 0 Å². The van der Waals surface area contributed by atoms with Crippen molar-refractivity contribution in [3.8, 4) is 5.88 Å². The van der Waals surface area contributed by atoms with Gasteiger partial charge in [0.1, 0.15) is 11.9 Å². The van der Waals surface area contributed by atoms with E-state index in [1.165, 1.54) is 19.2 Å². The number of pyridine rings is 1. The molecule has 7 nitrogen and oxygen atoms in total. The Labute approximate surface area is 190 Å². The zero-order chi connectivity index (χ0) is 22.0. The number of benzene rings is 1. The maximum absolute atomic E-state index is 13.7. The van der Waals surface area contributed by atoms with E-state index in [9.17, 15) is 12.8 Å². The van der Waals surface area contributed by atoms with Crippen LogP contribution < -0.4 is 9.46 Å². The lowest BCUT2D eigenvalue weighted by atomic mass is 10.0. The minimum Gasteiger partial charge on any atom is -0.479 e. The van der Waals surface area contributed by atoms with Crippen molar-refractivity contribution in [2.24, 2.45) is 0 Å². The molecule has 0 bridgehead atoms.